The normalized spacial score (nSPS) is 15.2. The number of ether oxygens (including phenoxy) is 2. The molecule has 1 fully saturated rings. The minimum absolute atomic E-state index is 0.0435. The molecular weight excluding hydrogens is 515 g/mol. The molecule has 1 heterocycles. The zero-order valence-corrected chi connectivity index (χ0v) is 18.9. The number of barbiturate groups is 1. The summed E-state index contributed by atoms with van der Waals surface area (Å²) < 4.78 is 10.5. The molecule has 1 saturated heterocycles. The molecule has 1 N–H and O–H groups in total. The summed E-state index contributed by atoms with van der Waals surface area (Å²) in [5, 5.41) is 2.23. The summed E-state index contributed by atoms with van der Waals surface area (Å²) in [5.74, 6) is -2.25. The van der Waals surface area contributed by atoms with Crippen molar-refractivity contribution in [2.75, 3.05) is 18.6 Å². The molecule has 0 spiro atoms. The van der Waals surface area contributed by atoms with E-state index in [1.807, 2.05) is 0 Å². The Hall–Kier alpha value is -2.88. The van der Waals surface area contributed by atoms with Crippen molar-refractivity contribution in [3.8, 4) is 5.75 Å². The van der Waals surface area contributed by atoms with Gasteiger partial charge in [-0.3, -0.25) is 14.9 Å². The van der Waals surface area contributed by atoms with Gasteiger partial charge in [-0.05, 0) is 48.0 Å². The molecule has 4 amide bonds. The number of nitrogens with zero attached hydrogens (tertiary/aromatic N) is 1. The first-order valence-electron chi connectivity index (χ1n) is 8.57. The lowest BCUT2D eigenvalue weighted by Gasteiger charge is -2.26. The minimum atomic E-state index is -0.864. The van der Waals surface area contributed by atoms with Crippen molar-refractivity contribution in [2.24, 2.45) is 0 Å². The lowest BCUT2D eigenvalue weighted by molar-refractivity contribution is -0.143. The van der Waals surface area contributed by atoms with Crippen LogP contribution in [0, 0.1) is 0 Å². The van der Waals surface area contributed by atoms with E-state index in [0.717, 1.165) is 9.37 Å². The van der Waals surface area contributed by atoms with Crippen LogP contribution in [0.15, 0.2) is 46.4 Å². The van der Waals surface area contributed by atoms with Crippen LogP contribution in [-0.2, 0) is 19.1 Å². The minimum Gasteiger partial charge on any atom is -0.479 e. The van der Waals surface area contributed by atoms with Crippen LogP contribution in [-0.4, -0.2) is 37.5 Å². The van der Waals surface area contributed by atoms with Gasteiger partial charge in [-0.2, -0.15) is 0 Å². The van der Waals surface area contributed by atoms with Gasteiger partial charge in [0.05, 0.1) is 22.8 Å². The van der Waals surface area contributed by atoms with Gasteiger partial charge < -0.3 is 9.47 Å². The van der Waals surface area contributed by atoms with Crippen molar-refractivity contribution >= 4 is 74.7 Å². The van der Waals surface area contributed by atoms with Gasteiger partial charge in [-0.25, -0.2) is 14.5 Å². The van der Waals surface area contributed by atoms with Gasteiger partial charge >= 0.3 is 12.0 Å². The predicted molar refractivity (Wildman–Crippen MR) is 117 cm³/mol. The van der Waals surface area contributed by atoms with Crippen LogP contribution in [0.4, 0.5) is 10.5 Å². The molecule has 8 nitrogen and oxygen atoms in total. The van der Waals surface area contributed by atoms with E-state index in [-0.39, 0.29) is 27.1 Å². The third-order valence-electron chi connectivity index (χ3n) is 4.08. The van der Waals surface area contributed by atoms with E-state index < -0.39 is 30.4 Å². The Morgan fingerprint density at radius 1 is 1.13 bits per heavy atom. The molecule has 0 atom stereocenters. The molecule has 1 aliphatic heterocycles. The number of urea groups is 1. The Bertz CT molecular complexity index is 1090. The second-order valence-electron chi connectivity index (χ2n) is 6.11. The molecule has 0 aliphatic carbocycles. The maximum absolute atomic E-state index is 12.9. The number of hydrogen-bond donors (Lipinski definition) is 1. The van der Waals surface area contributed by atoms with Crippen LogP contribution in [0.25, 0.3) is 6.08 Å². The third kappa shape index (κ3) is 5.07. The standard InChI is InChI=1S/C20H13BrCl2N2O6/c1-30-16(26)9-31-17-14(22)7-10(8-15(17)23)6-13-18(27)24-20(29)25(19(13)28)12-4-2-11(21)3-5-12/h2-8H,9H2,1H3,(H,24,27,29)/b13-6+. The molecule has 0 aromatic heterocycles. The van der Waals surface area contributed by atoms with Crippen LogP contribution < -0.4 is 15.0 Å². The number of esters is 1. The number of amides is 4. The quantitative estimate of drug-likeness (QED) is 0.358. The summed E-state index contributed by atoms with van der Waals surface area (Å²) in [5.41, 5.74) is 0.300. The molecule has 2 aromatic rings. The summed E-state index contributed by atoms with van der Waals surface area (Å²) in [6, 6.07) is 8.34. The number of methoxy groups -OCH3 is 1. The summed E-state index contributed by atoms with van der Waals surface area (Å²) in [6.45, 7) is -0.401. The fourth-order valence-corrected chi connectivity index (χ4v) is 3.52. The zero-order chi connectivity index (χ0) is 22.7. The topological polar surface area (TPSA) is 102 Å². The highest BCUT2D eigenvalue weighted by atomic mass is 79.9. The van der Waals surface area contributed by atoms with E-state index in [4.69, 9.17) is 27.9 Å². The molecule has 11 heteroatoms. The lowest BCUT2D eigenvalue weighted by Crippen LogP contribution is -2.54. The molecule has 3 rings (SSSR count). The first-order chi connectivity index (χ1) is 14.7. The Balaban J connectivity index is 1.93. The molecule has 1 aliphatic rings. The van der Waals surface area contributed by atoms with Crippen molar-refractivity contribution < 1.29 is 28.7 Å². The van der Waals surface area contributed by atoms with Crippen LogP contribution >= 0.6 is 39.1 Å². The Morgan fingerprint density at radius 3 is 2.32 bits per heavy atom. The van der Waals surface area contributed by atoms with Gasteiger partial charge in [-0.15, -0.1) is 0 Å². The number of benzene rings is 2. The number of rotatable bonds is 5. The van der Waals surface area contributed by atoms with Crippen molar-refractivity contribution in [1.82, 2.24) is 5.32 Å². The fraction of sp³-hybridized carbons (Fsp3) is 0.100. The smallest absolute Gasteiger partial charge is 0.343 e. The molecular formula is C20H13BrCl2N2O6. The third-order valence-corrected chi connectivity index (χ3v) is 5.17. The van der Waals surface area contributed by atoms with Crippen molar-refractivity contribution in [1.29, 1.82) is 0 Å². The molecule has 0 radical (unpaired) electrons. The van der Waals surface area contributed by atoms with Gasteiger partial charge in [0.25, 0.3) is 11.8 Å². The summed E-state index contributed by atoms with van der Waals surface area (Å²) in [7, 11) is 1.21. The van der Waals surface area contributed by atoms with Gasteiger partial charge in [0.15, 0.2) is 12.4 Å². The van der Waals surface area contributed by atoms with E-state index in [9.17, 15) is 19.2 Å². The average Bonchev–Trinajstić information content (AvgIpc) is 2.71. The molecule has 0 bridgehead atoms. The maximum atomic E-state index is 12.9. The second kappa shape index (κ2) is 9.51. The van der Waals surface area contributed by atoms with Crippen LogP contribution in [0.2, 0.25) is 10.0 Å². The Labute approximate surface area is 194 Å². The zero-order valence-electron chi connectivity index (χ0n) is 15.8. The van der Waals surface area contributed by atoms with Crippen LogP contribution in [0.5, 0.6) is 5.75 Å². The first kappa shape index (κ1) is 22.8. The maximum Gasteiger partial charge on any atom is 0.343 e. The molecule has 0 unspecified atom stereocenters. The Kier molecular flexibility index (Phi) is 6.99. The fourth-order valence-electron chi connectivity index (χ4n) is 2.64. The monoisotopic (exact) mass is 526 g/mol. The Morgan fingerprint density at radius 2 is 1.74 bits per heavy atom. The summed E-state index contributed by atoms with van der Waals surface area (Å²) in [6.07, 6.45) is 1.25. The molecule has 0 saturated carbocycles. The number of halogens is 3. The number of carbonyl (C=O) groups excluding carboxylic acids is 4. The molecule has 31 heavy (non-hydrogen) atoms. The highest BCUT2D eigenvalue weighted by Crippen LogP contribution is 2.35. The van der Waals surface area contributed by atoms with Gasteiger partial charge in [-0.1, -0.05) is 39.1 Å². The summed E-state index contributed by atoms with van der Waals surface area (Å²) in [4.78, 5) is 49.5. The van der Waals surface area contributed by atoms with Gasteiger partial charge in [0, 0.05) is 4.47 Å². The van der Waals surface area contributed by atoms with Crippen LogP contribution in [0.1, 0.15) is 5.56 Å². The van der Waals surface area contributed by atoms with Crippen molar-refractivity contribution in [2.45, 2.75) is 0 Å². The SMILES string of the molecule is COC(=O)COc1c(Cl)cc(/C=C2\C(=O)NC(=O)N(c3ccc(Br)cc3)C2=O)cc1Cl. The second-order valence-corrected chi connectivity index (χ2v) is 7.84. The first-order valence-corrected chi connectivity index (χ1v) is 10.1. The predicted octanol–water partition coefficient (Wildman–Crippen LogP) is 3.97. The summed E-state index contributed by atoms with van der Waals surface area (Å²) >= 11 is 15.6. The molecule has 2 aromatic carbocycles. The van der Waals surface area contributed by atoms with E-state index in [1.165, 1.54) is 25.3 Å². The van der Waals surface area contributed by atoms with E-state index in [2.05, 4.69) is 26.0 Å². The van der Waals surface area contributed by atoms with E-state index >= 15 is 0 Å². The number of hydrogen-bond acceptors (Lipinski definition) is 6. The van der Waals surface area contributed by atoms with Crippen molar-refractivity contribution in [3.05, 3.63) is 62.1 Å². The number of imide groups is 2. The van der Waals surface area contributed by atoms with Crippen LogP contribution in [0.3, 0.4) is 0 Å². The number of nitrogens with one attached hydrogen (secondary N) is 1. The largest absolute Gasteiger partial charge is 0.479 e. The lowest BCUT2D eigenvalue weighted by atomic mass is 10.1. The van der Waals surface area contributed by atoms with E-state index in [0.29, 0.717) is 5.56 Å². The molecule has 160 valence electrons. The van der Waals surface area contributed by atoms with Gasteiger partial charge in [0.2, 0.25) is 0 Å². The average molecular weight is 528 g/mol. The number of carbonyl (C=O) groups is 4. The highest BCUT2D eigenvalue weighted by molar-refractivity contribution is 9.10. The van der Waals surface area contributed by atoms with Gasteiger partial charge in [0.1, 0.15) is 5.57 Å². The number of anilines is 1. The highest BCUT2D eigenvalue weighted by Gasteiger charge is 2.36. The van der Waals surface area contributed by atoms with Crippen molar-refractivity contribution in [3.63, 3.8) is 0 Å². The van der Waals surface area contributed by atoms with E-state index in [1.54, 1.807) is 24.3 Å².